The van der Waals surface area contributed by atoms with Crippen LogP contribution in [0.5, 0.6) is 0 Å². The van der Waals surface area contributed by atoms with Gasteiger partial charge in [-0.1, -0.05) is 32.0 Å². The number of rotatable bonds is 5. The lowest BCUT2D eigenvalue weighted by Gasteiger charge is -2.07. The van der Waals surface area contributed by atoms with Crippen LogP contribution in [0.15, 0.2) is 30.5 Å². The van der Waals surface area contributed by atoms with Crippen molar-refractivity contribution in [2.45, 2.75) is 33.4 Å². The van der Waals surface area contributed by atoms with E-state index in [0.29, 0.717) is 0 Å². The molecule has 1 heterocycles. The summed E-state index contributed by atoms with van der Waals surface area (Å²) >= 11 is 0. The maximum atomic E-state index is 3.24. The van der Waals surface area contributed by atoms with Crippen LogP contribution in [0.3, 0.4) is 0 Å². The van der Waals surface area contributed by atoms with E-state index in [0.717, 1.165) is 19.0 Å². The molecule has 2 rings (SSSR count). The summed E-state index contributed by atoms with van der Waals surface area (Å²) in [5, 5.41) is 4.62. The smallest absolute Gasteiger partial charge is 0.0483 e. The molecule has 0 atom stereocenters. The summed E-state index contributed by atoms with van der Waals surface area (Å²) < 4.78 is 2.39. The minimum atomic E-state index is 0.754. The topological polar surface area (TPSA) is 17.0 Å². The fraction of sp³-hybridized carbons (Fsp3) is 0.467. The Morgan fingerprint density at radius 3 is 2.71 bits per heavy atom. The monoisotopic (exact) mass is 230 g/mol. The molecule has 0 saturated carbocycles. The number of para-hydroxylation sites is 1. The van der Waals surface area contributed by atoms with Crippen molar-refractivity contribution in [3.05, 3.63) is 36.0 Å². The van der Waals surface area contributed by atoms with Gasteiger partial charge in [-0.3, -0.25) is 0 Å². The van der Waals surface area contributed by atoms with E-state index in [2.05, 4.69) is 54.2 Å². The average molecular weight is 230 g/mol. The Balaban J connectivity index is 2.34. The molecule has 1 aromatic heterocycles. The van der Waals surface area contributed by atoms with Crippen LogP contribution in [0.4, 0.5) is 0 Å². The first kappa shape index (κ1) is 12.2. The van der Waals surface area contributed by atoms with Crippen molar-refractivity contribution in [3.8, 4) is 0 Å². The van der Waals surface area contributed by atoms with Gasteiger partial charge < -0.3 is 9.88 Å². The van der Waals surface area contributed by atoms with Crippen LogP contribution >= 0.6 is 0 Å². The van der Waals surface area contributed by atoms with Gasteiger partial charge in [0.2, 0.25) is 0 Å². The molecule has 0 amide bonds. The van der Waals surface area contributed by atoms with Crippen LogP contribution in [0.25, 0.3) is 10.9 Å². The number of hydrogen-bond donors (Lipinski definition) is 1. The molecule has 2 heteroatoms. The molecule has 92 valence electrons. The summed E-state index contributed by atoms with van der Waals surface area (Å²) in [7, 11) is 2.00. The molecule has 0 spiro atoms. The van der Waals surface area contributed by atoms with Crippen molar-refractivity contribution < 1.29 is 0 Å². The number of hydrogen-bond acceptors (Lipinski definition) is 1. The summed E-state index contributed by atoms with van der Waals surface area (Å²) in [4.78, 5) is 0. The molecule has 0 bridgehead atoms. The molecule has 1 aromatic carbocycles. The molecule has 0 aliphatic rings. The first-order valence-electron chi connectivity index (χ1n) is 6.43. The van der Waals surface area contributed by atoms with E-state index < -0.39 is 0 Å². The highest BCUT2D eigenvalue weighted by atomic mass is 15.0. The van der Waals surface area contributed by atoms with Crippen LogP contribution < -0.4 is 5.32 Å². The molecule has 0 unspecified atom stereocenters. The van der Waals surface area contributed by atoms with Gasteiger partial charge >= 0.3 is 0 Å². The Labute approximate surface area is 104 Å². The number of aromatic nitrogens is 1. The third-order valence-electron chi connectivity index (χ3n) is 3.19. The lowest BCUT2D eigenvalue weighted by atomic mass is 10.1. The number of fused-ring (bicyclic) bond motifs is 1. The van der Waals surface area contributed by atoms with Crippen LogP contribution in [0.1, 0.15) is 25.8 Å². The zero-order valence-electron chi connectivity index (χ0n) is 11.0. The minimum absolute atomic E-state index is 0.754. The molecular weight excluding hydrogens is 208 g/mol. The van der Waals surface area contributed by atoms with Gasteiger partial charge in [-0.25, -0.2) is 0 Å². The molecule has 1 N–H and O–H groups in total. The first-order valence-corrected chi connectivity index (χ1v) is 6.43. The third-order valence-corrected chi connectivity index (χ3v) is 3.19. The number of benzene rings is 1. The van der Waals surface area contributed by atoms with E-state index in [9.17, 15) is 0 Å². The highest BCUT2D eigenvalue weighted by Gasteiger charge is 2.07. The van der Waals surface area contributed by atoms with Gasteiger partial charge in [0.1, 0.15) is 0 Å². The summed E-state index contributed by atoms with van der Waals surface area (Å²) in [6.07, 6.45) is 3.53. The van der Waals surface area contributed by atoms with Gasteiger partial charge in [0, 0.05) is 30.2 Å². The Bertz CT molecular complexity index is 483. The lowest BCUT2D eigenvalue weighted by molar-refractivity contribution is 0.523. The van der Waals surface area contributed by atoms with E-state index >= 15 is 0 Å². The molecule has 0 aliphatic heterocycles. The van der Waals surface area contributed by atoms with Gasteiger partial charge in [0.15, 0.2) is 0 Å². The molecule has 0 aliphatic carbocycles. The average Bonchev–Trinajstić information content (AvgIpc) is 2.66. The molecular formula is C15H22N2. The van der Waals surface area contributed by atoms with Crippen molar-refractivity contribution in [1.29, 1.82) is 0 Å². The molecule has 17 heavy (non-hydrogen) atoms. The molecule has 2 nitrogen and oxygen atoms in total. The number of nitrogens with zero attached hydrogens (tertiary/aromatic N) is 1. The Morgan fingerprint density at radius 2 is 2.00 bits per heavy atom. The van der Waals surface area contributed by atoms with Gasteiger partial charge in [0.25, 0.3) is 0 Å². The number of nitrogens with one attached hydrogen (secondary N) is 1. The van der Waals surface area contributed by atoms with E-state index in [1.165, 1.54) is 22.9 Å². The van der Waals surface area contributed by atoms with Crippen LogP contribution in [-0.2, 0) is 13.1 Å². The molecule has 0 fully saturated rings. The van der Waals surface area contributed by atoms with Crippen molar-refractivity contribution in [2.75, 3.05) is 7.05 Å². The largest absolute Gasteiger partial charge is 0.347 e. The Hall–Kier alpha value is -1.28. The second-order valence-corrected chi connectivity index (χ2v) is 5.08. The fourth-order valence-electron chi connectivity index (χ4n) is 2.24. The molecule has 0 saturated heterocycles. The van der Waals surface area contributed by atoms with Gasteiger partial charge in [-0.05, 0) is 31.0 Å². The van der Waals surface area contributed by atoms with Crippen molar-refractivity contribution >= 4 is 10.9 Å². The second kappa shape index (κ2) is 5.37. The SMILES string of the molecule is CNCc1cn(CCC(C)C)c2ccccc12. The third kappa shape index (κ3) is 2.70. The zero-order valence-corrected chi connectivity index (χ0v) is 11.0. The van der Waals surface area contributed by atoms with Gasteiger partial charge in [0.05, 0.1) is 0 Å². The van der Waals surface area contributed by atoms with Gasteiger partial charge in [-0.2, -0.15) is 0 Å². The second-order valence-electron chi connectivity index (χ2n) is 5.08. The van der Waals surface area contributed by atoms with Crippen molar-refractivity contribution in [2.24, 2.45) is 5.92 Å². The summed E-state index contributed by atoms with van der Waals surface area (Å²) in [5.41, 5.74) is 2.75. The van der Waals surface area contributed by atoms with Crippen LogP contribution in [-0.4, -0.2) is 11.6 Å². The predicted octanol–water partition coefficient (Wildman–Crippen LogP) is 3.41. The summed E-state index contributed by atoms with van der Waals surface area (Å²) in [5.74, 6) is 0.754. The highest BCUT2D eigenvalue weighted by molar-refractivity contribution is 5.83. The Kier molecular flexibility index (Phi) is 3.85. The van der Waals surface area contributed by atoms with Crippen LogP contribution in [0.2, 0.25) is 0 Å². The van der Waals surface area contributed by atoms with Crippen LogP contribution in [0, 0.1) is 5.92 Å². The van der Waals surface area contributed by atoms with Crippen molar-refractivity contribution in [1.82, 2.24) is 9.88 Å². The van der Waals surface area contributed by atoms with E-state index in [1.807, 2.05) is 7.05 Å². The maximum Gasteiger partial charge on any atom is 0.0483 e. The highest BCUT2D eigenvalue weighted by Crippen LogP contribution is 2.22. The minimum Gasteiger partial charge on any atom is -0.347 e. The Morgan fingerprint density at radius 1 is 1.24 bits per heavy atom. The summed E-state index contributed by atoms with van der Waals surface area (Å²) in [6, 6.07) is 8.67. The standard InChI is InChI=1S/C15H22N2/c1-12(2)8-9-17-11-13(10-16-3)14-6-4-5-7-15(14)17/h4-7,11-12,16H,8-10H2,1-3H3. The summed E-state index contributed by atoms with van der Waals surface area (Å²) in [6.45, 7) is 6.61. The fourth-order valence-corrected chi connectivity index (χ4v) is 2.24. The zero-order chi connectivity index (χ0) is 12.3. The number of aryl methyl sites for hydroxylation is 1. The van der Waals surface area contributed by atoms with E-state index in [4.69, 9.17) is 0 Å². The maximum absolute atomic E-state index is 3.24. The normalized spacial score (nSPS) is 11.5. The van der Waals surface area contributed by atoms with Crippen molar-refractivity contribution in [3.63, 3.8) is 0 Å². The predicted molar refractivity (Wildman–Crippen MR) is 74.2 cm³/mol. The quantitative estimate of drug-likeness (QED) is 0.833. The van der Waals surface area contributed by atoms with E-state index in [1.54, 1.807) is 0 Å². The first-order chi connectivity index (χ1) is 8.22. The van der Waals surface area contributed by atoms with E-state index in [-0.39, 0.29) is 0 Å². The lowest BCUT2D eigenvalue weighted by Crippen LogP contribution is -2.04. The molecule has 2 aromatic rings. The van der Waals surface area contributed by atoms with Gasteiger partial charge in [-0.15, -0.1) is 0 Å². The molecule has 0 radical (unpaired) electrons.